The van der Waals surface area contributed by atoms with E-state index in [4.69, 9.17) is 4.74 Å². The van der Waals surface area contributed by atoms with Crippen molar-refractivity contribution in [1.29, 1.82) is 0 Å². The number of aryl methyl sites for hydroxylation is 1. The molecule has 118 valence electrons. The van der Waals surface area contributed by atoms with Gasteiger partial charge in [0.05, 0.1) is 12.2 Å². The van der Waals surface area contributed by atoms with Crippen LogP contribution in [0.4, 0.5) is 0 Å². The van der Waals surface area contributed by atoms with E-state index in [2.05, 4.69) is 29.4 Å². The number of carbonyl (C=O) groups excluding carboxylic acids is 1. The molecule has 2 atom stereocenters. The van der Waals surface area contributed by atoms with Gasteiger partial charge in [-0.1, -0.05) is 18.2 Å². The second-order valence-corrected chi connectivity index (χ2v) is 6.27. The fourth-order valence-corrected chi connectivity index (χ4v) is 3.31. The van der Waals surface area contributed by atoms with E-state index in [1.165, 1.54) is 16.5 Å². The van der Waals surface area contributed by atoms with Crippen LogP contribution in [0.25, 0.3) is 10.9 Å². The van der Waals surface area contributed by atoms with Crippen LogP contribution in [0.15, 0.2) is 30.5 Å². The van der Waals surface area contributed by atoms with Gasteiger partial charge in [0, 0.05) is 36.6 Å². The molecule has 1 saturated heterocycles. The van der Waals surface area contributed by atoms with Gasteiger partial charge < -0.3 is 14.6 Å². The summed E-state index contributed by atoms with van der Waals surface area (Å²) in [6.07, 6.45) is 4.78. The fourth-order valence-electron chi connectivity index (χ4n) is 3.31. The maximum atomic E-state index is 12.3. The molecule has 0 unspecified atom stereocenters. The molecule has 0 aliphatic carbocycles. The zero-order valence-electron chi connectivity index (χ0n) is 13.3. The summed E-state index contributed by atoms with van der Waals surface area (Å²) in [5, 5.41) is 1.27. The molecule has 4 nitrogen and oxygen atoms in total. The molecule has 1 aliphatic rings. The predicted molar refractivity (Wildman–Crippen MR) is 87.8 cm³/mol. The number of para-hydroxylation sites is 1. The third-order valence-corrected chi connectivity index (χ3v) is 4.28. The first-order valence-corrected chi connectivity index (χ1v) is 8.11. The fraction of sp³-hybridized carbons (Fsp3) is 0.500. The van der Waals surface area contributed by atoms with Crippen LogP contribution >= 0.6 is 0 Å². The summed E-state index contributed by atoms with van der Waals surface area (Å²) < 4.78 is 5.68. The zero-order valence-corrected chi connectivity index (χ0v) is 13.3. The van der Waals surface area contributed by atoms with E-state index in [1.54, 1.807) is 0 Å². The van der Waals surface area contributed by atoms with Crippen molar-refractivity contribution in [3.05, 3.63) is 36.0 Å². The number of hydrogen-bond acceptors (Lipinski definition) is 2. The molecule has 1 fully saturated rings. The number of rotatable bonds is 4. The lowest BCUT2D eigenvalue weighted by molar-refractivity contribution is -0.143. The normalized spacial score (nSPS) is 22.2. The van der Waals surface area contributed by atoms with Crippen molar-refractivity contribution in [2.75, 3.05) is 13.1 Å². The first-order chi connectivity index (χ1) is 10.6. The Morgan fingerprint density at radius 2 is 2.00 bits per heavy atom. The second kappa shape index (κ2) is 6.53. The van der Waals surface area contributed by atoms with Crippen LogP contribution in [0.2, 0.25) is 0 Å². The third-order valence-electron chi connectivity index (χ3n) is 4.28. The van der Waals surface area contributed by atoms with Gasteiger partial charge in [-0.3, -0.25) is 4.79 Å². The van der Waals surface area contributed by atoms with Gasteiger partial charge in [-0.05, 0) is 38.3 Å². The molecule has 1 N–H and O–H groups in total. The molecule has 2 heterocycles. The lowest BCUT2D eigenvalue weighted by Crippen LogP contribution is -2.48. The van der Waals surface area contributed by atoms with Gasteiger partial charge in [0.25, 0.3) is 0 Å². The molecule has 3 rings (SSSR count). The lowest BCUT2D eigenvalue weighted by Gasteiger charge is -2.35. The standard InChI is InChI=1S/C18H24N2O2/c1-13-11-20(12-14(2)22-13)18(21)9-5-6-15-10-19-17-8-4-3-7-16(15)17/h3-4,7-8,10,13-14,19H,5-6,9,11-12H2,1-2H3/t13-,14-/m1/s1. The van der Waals surface area contributed by atoms with E-state index in [1.807, 2.05) is 24.8 Å². The molecular weight excluding hydrogens is 276 g/mol. The van der Waals surface area contributed by atoms with Gasteiger partial charge in [0.15, 0.2) is 0 Å². The Kier molecular flexibility index (Phi) is 4.48. The number of H-pyrrole nitrogens is 1. The average molecular weight is 300 g/mol. The Hall–Kier alpha value is -1.81. The topological polar surface area (TPSA) is 45.3 Å². The predicted octanol–water partition coefficient (Wildman–Crippen LogP) is 3.13. The number of aromatic nitrogens is 1. The first kappa shape index (κ1) is 15.1. The smallest absolute Gasteiger partial charge is 0.222 e. The Morgan fingerprint density at radius 1 is 1.27 bits per heavy atom. The van der Waals surface area contributed by atoms with Crippen molar-refractivity contribution in [2.24, 2.45) is 0 Å². The van der Waals surface area contributed by atoms with Crippen LogP contribution in [-0.4, -0.2) is 41.1 Å². The minimum Gasteiger partial charge on any atom is -0.372 e. The van der Waals surface area contributed by atoms with E-state index in [9.17, 15) is 4.79 Å². The summed E-state index contributed by atoms with van der Waals surface area (Å²) in [4.78, 5) is 17.6. The summed E-state index contributed by atoms with van der Waals surface area (Å²) in [5.41, 5.74) is 2.46. The maximum Gasteiger partial charge on any atom is 0.222 e. The Labute approximate surface area is 131 Å². The highest BCUT2D eigenvalue weighted by Crippen LogP contribution is 2.20. The summed E-state index contributed by atoms with van der Waals surface area (Å²) in [6.45, 7) is 5.50. The van der Waals surface area contributed by atoms with Crippen molar-refractivity contribution in [1.82, 2.24) is 9.88 Å². The molecule has 1 aliphatic heterocycles. The molecule has 0 saturated carbocycles. The van der Waals surface area contributed by atoms with Gasteiger partial charge in [-0.2, -0.15) is 0 Å². The quantitative estimate of drug-likeness (QED) is 0.943. The number of benzene rings is 1. The van der Waals surface area contributed by atoms with Crippen LogP contribution in [0, 0.1) is 0 Å². The molecule has 0 spiro atoms. The van der Waals surface area contributed by atoms with Crippen molar-refractivity contribution in [3.8, 4) is 0 Å². The highest BCUT2D eigenvalue weighted by Gasteiger charge is 2.25. The molecule has 1 aromatic carbocycles. The molecule has 1 aromatic heterocycles. The number of ether oxygens (including phenoxy) is 1. The lowest BCUT2D eigenvalue weighted by atomic mass is 10.1. The number of carbonyl (C=O) groups is 1. The Balaban J connectivity index is 1.53. The zero-order chi connectivity index (χ0) is 15.5. The number of hydrogen-bond donors (Lipinski definition) is 1. The summed E-state index contributed by atoms with van der Waals surface area (Å²) in [7, 11) is 0. The Bertz CT molecular complexity index is 639. The number of fused-ring (bicyclic) bond motifs is 1. The van der Waals surface area contributed by atoms with E-state index in [0.717, 1.165) is 25.9 Å². The molecule has 4 heteroatoms. The minimum atomic E-state index is 0.140. The van der Waals surface area contributed by atoms with E-state index in [-0.39, 0.29) is 18.1 Å². The highest BCUT2D eigenvalue weighted by atomic mass is 16.5. The molecule has 0 bridgehead atoms. The van der Waals surface area contributed by atoms with Gasteiger partial charge in [0.1, 0.15) is 0 Å². The summed E-state index contributed by atoms with van der Waals surface area (Å²) in [5.74, 6) is 0.252. The van der Waals surface area contributed by atoms with Crippen LogP contribution in [0.5, 0.6) is 0 Å². The second-order valence-electron chi connectivity index (χ2n) is 6.27. The van der Waals surface area contributed by atoms with Crippen molar-refractivity contribution in [3.63, 3.8) is 0 Å². The molecule has 1 amide bonds. The highest BCUT2D eigenvalue weighted by molar-refractivity contribution is 5.83. The molecule has 2 aromatic rings. The number of aromatic amines is 1. The first-order valence-electron chi connectivity index (χ1n) is 8.11. The largest absolute Gasteiger partial charge is 0.372 e. The number of morpholine rings is 1. The van der Waals surface area contributed by atoms with Crippen LogP contribution in [-0.2, 0) is 16.0 Å². The molecule has 0 radical (unpaired) electrons. The number of amides is 1. The van der Waals surface area contributed by atoms with Crippen molar-refractivity contribution < 1.29 is 9.53 Å². The third kappa shape index (κ3) is 3.33. The van der Waals surface area contributed by atoms with E-state index < -0.39 is 0 Å². The van der Waals surface area contributed by atoms with E-state index in [0.29, 0.717) is 6.42 Å². The number of nitrogens with zero attached hydrogens (tertiary/aromatic N) is 1. The van der Waals surface area contributed by atoms with Crippen molar-refractivity contribution >= 4 is 16.8 Å². The average Bonchev–Trinajstić information content (AvgIpc) is 2.90. The van der Waals surface area contributed by atoms with Crippen molar-refractivity contribution in [2.45, 2.75) is 45.3 Å². The molecule has 22 heavy (non-hydrogen) atoms. The monoisotopic (exact) mass is 300 g/mol. The van der Waals surface area contributed by atoms with Gasteiger partial charge >= 0.3 is 0 Å². The van der Waals surface area contributed by atoms with Crippen LogP contribution < -0.4 is 0 Å². The van der Waals surface area contributed by atoms with Crippen LogP contribution in [0.3, 0.4) is 0 Å². The SMILES string of the molecule is C[C@@H]1CN(C(=O)CCCc2c[nH]c3ccccc23)C[C@@H](C)O1. The van der Waals surface area contributed by atoms with E-state index >= 15 is 0 Å². The number of nitrogens with one attached hydrogen (secondary N) is 1. The summed E-state index contributed by atoms with van der Waals surface area (Å²) >= 11 is 0. The maximum absolute atomic E-state index is 12.3. The van der Waals surface area contributed by atoms with Gasteiger partial charge in [-0.25, -0.2) is 0 Å². The van der Waals surface area contributed by atoms with Gasteiger partial charge in [-0.15, -0.1) is 0 Å². The minimum absolute atomic E-state index is 0.140. The Morgan fingerprint density at radius 3 is 2.77 bits per heavy atom. The summed E-state index contributed by atoms with van der Waals surface area (Å²) in [6, 6.07) is 8.31. The van der Waals surface area contributed by atoms with Gasteiger partial charge in [0.2, 0.25) is 5.91 Å². The van der Waals surface area contributed by atoms with Crippen LogP contribution in [0.1, 0.15) is 32.3 Å². The molecular formula is C18H24N2O2.